The number of carbonyl (C=O) groups excluding carboxylic acids is 1. The van der Waals surface area contributed by atoms with Gasteiger partial charge in [0.1, 0.15) is 0 Å². The van der Waals surface area contributed by atoms with Gasteiger partial charge in [-0.1, -0.05) is 37.3 Å². The van der Waals surface area contributed by atoms with Crippen LogP contribution in [0.25, 0.3) is 0 Å². The number of hydrogen-bond donors (Lipinski definition) is 1. The fourth-order valence-electron chi connectivity index (χ4n) is 2.61. The van der Waals surface area contributed by atoms with E-state index in [0.717, 1.165) is 51.4 Å². The van der Waals surface area contributed by atoms with E-state index in [1.165, 1.54) is 5.56 Å². The van der Waals surface area contributed by atoms with Gasteiger partial charge in [-0.3, -0.25) is 4.79 Å². The molecule has 1 saturated heterocycles. The van der Waals surface area contributed by atoms with Crippen LogP contribution in [-0.4, -0.2) is 37.0 Å². The summed E-state index contributed by atoms with van der Waals surface area (Å²) < 4.78 is 0. The number of nitrogens with zero attached hydrogens (tertiary/aromatic N) is 1. The van der Waals surface area contributed by atoms with Crippen LogP contribution in [0, 0.1) is 5.92 Å². The monoisotopic (exact) mass is 274 g/mol. The minimum Gasteiger partial charge on any atom is -0.343 e. The zero-order chi connectivity index (χ0) is 14.2. The van der Waals surface area contributed by atoms with Crippen molar-refractivity contribution >= 4 is 5.91 Å². The number of nitrogens with one attached hydrogen (secondary N) is 1. The lowest BCUT2D eigenvalue weighted by Gasteiger charge is -2.30. The van der Waals surface area contributed by atoms with E-state index in [0.29, 0.717) is 12.3 Å². The first kappa shape index (κ1) is 15.0. The molecule has 0 spiro atoms. The van der Waals surface area contributed by atoms with Crippen LogP contribution < -0.4 is 5.32 Å². The lowest BCUT2D eigenvalue weighted by atomic mass is 9.99. The molecule has 1 N–H and O–H groups in total. The summed E-state index contributed by atoms with van der Waals surface area (Å²) in [6, 6.07) is 10.4. The van der Waals surface area contributed by atoms with Crippen LogP contribution in [0.3, 0.4) is 0 Å². The predicted octanol–water partition coefficient (Wildman–Crippen LogP) is 2.47. The molecule has 1 aliphatic heterocycles. The molecule has 2 rings (SSSR count). The van der Waals surface area contributed by atoms with Crippen molar-refractivity contribution in [2.24, 2.45) is 5.92 Å². The smallest absolute Gasteiger partial charge is 0.223 e. The molecule has 0 unspecified atom stereocenters. The molecule has 1 aliphatic rings. The van der Waals surface area contributed by atoms with Crippen LogP contribution in [0.15, 0.2) is 30.3 Å². The third-order valence-electron chi connectivity index (χ3n) is 4.09. The second-order valence-electron chi connectivity index (χ2n) is 5.80. The Morgan fingerprint density at radius 1 is 1.20 bits per heavy atom. The van der Waals surface area contributed by atoms with Crippen LogP contribution >= 0.6 is 0 Å². The van der Waals surface area contributed by atoms with Crippen molar-refractivity contribution in [2.45, 2.75) is 32.6 Å². The number of hydrogen-bond acceptors (Lipinski definition) is 2. The average Bonchev–Trinajstić information content (AvgIpc) is 2.48. The fraction of sp³-hybridized carbons (Fsp3) is 0.588. The molecule has 0 aliphatic carbocycles. The Hall–Kier alpha value is -1.35. The Balaban J connectivity index is 1.55. The van der Waals surface area contributed by atoms with E-state index in [-0.39, 0.29) is 0 Å². The highest BCUT2D eigenvalue weighted by Gasteiger charge is 2.19. The van der Waals surface area contributed by atoms with Gasteiger partial charge in [-0.05, 0) is 37.3 Å². The average molecular weight is 274 g/mol. The standard InChI is InChI=1S/C17H26N2O/c1-15-9-13-19(14-10-15)17(20)8-12-18-11-7-16-5-3-2-4-6-16/h2-6,15,18H,7-14H2,1H3. The highest BCUT2D eigenvalue weighted by Crippen LogP contribution is 2.16. The first-order chi connectivity index (χ1) is 9.75. The molecule has 1 amide bonds. The van der Waals surface area contributed by atoms with Crippen LogP contribution in [0.1, 0.15) is 31.7 Å². The van der Waals surface area contributed by atoms with Crippen molar-refractivity contribution in [1.29, 1.82) is 0 Å². The molecule has 1 fully saturated rings. The van der Waals surface area contributed by atoms with Gasteiger partial charge in [0.25, 0.3) is 0 Å². The van der Waals surface area contributed by atoms with Crippen LogP contribution in [0.4, 0.5) is 0 Å². The summed E-state index contributed by atoms with van der Waals surface area (Å²) >= 11 is 0. The van der Waals surface area contributed by atoms with Crippen LogP contribution in [0.2, 0.25) is 0 Å². The van der Waals surface area contributed by atoms with Gasteiger partial charge in [0.2, 0.25) is 5.91 Å². The van der Waals surface area contributed by atoms with Gasteiger partial charge in [0.05, 0.1) is 0 Å². The Morgan fingerprint density at radius 3 is 2.60 bits per heavy atom. The molecule has 20 heavy (non-hydrogen) atoms. The first-order valence-corrected chi connectivity index (χ1v) is 7.78. The van der Waals surface area contributed by atoms with Crippen molar-refractivity contribution in [1.82, 2.24) is 10.2 Å². The zero-order valence-electron chi connectivity index (χ0n) is 12.5. The van der Waals surface area contributed by atoms with E-state index in [9.17, 15) is 4.79 Å². The lowest BCUT2D eigenvalue weighted by Crippen LogP contribution is -2.39. The van der Waals surface area contributed by atoms with Gasteiger partial charge >= 0.3 is 0 Å². The number of benzene rings is 1. The minimum absolute atomic E-state index is 0.309. The molecule has 0 bridgehead atoms. The SMILES string of the molecule is CC1CCN(C(=O)CCNCCc2ccccc2)CC1. The Morgan fingerprint density at radius 2 is 1.90 bits per heavy atom. The normalized spacial score (nSPS) is 16.4. The number of carbonyl (C=O) groups is 1. The molecular weight excluding hydrogens is 248 g/mol. The third-order valence-corrected chi connectivity index (χ3v) is 4.09. The van der Waals surface area contributed by atoms with E-state index in [4.69, 9.17) is 0 Å². The van der Waals surface area contributed by atoms with E-state index in [1.54, 1.807) is 0 Å². The summed E-state index contributed by atoms with van der Waals surface area (Å²) in [5.74, 6) is 1.09. The molecule has 3 heteroatoms. The van der Waals surface area contributed by atoms with Gasteiger partial charge < -0.3 is 10.2 Å². The van der Waals surface area contributed by atoms with Crippen molar-refractivity contribution in [3.05, 3.63) is 35.9 Å². The molecule has 1 heterocycles. The Bertz CT molecular complexity index is 397. The molecule has 1 aromatic rings. The van der Waals surface area contributed by atoms with Crippen molar-refractivity contribution < 1.29 is 4.79 Å². The fourth-order valence-corrected chi connectivity index (χ4v) is 2.61. The molecule has 110 valence electrons. The van der Waals surface area contributed by atoms with Gasteiger partial charge in [0.15, 0.2) is 0 Å². The quantitative estimate of drug-likeness (QED) is 0.808. The van der Waals surface area contributed by atoms with E-state index >= 15 is 0 Å². The second-order valence-corrected chi connectivity index (χ2v) is 5.80. The number of rotatable bonds is 6. The summed E-state index contributed by atoms with van der Waals surface area (Å²) in [7, 11) is 0. The van der Waals surface area contributed by atoms with Crippen molar-refractivity contribution in [3.63, 3.8) is 0 Å². The maximum absolute atomic E-state index is 12.0. The Labute approximate surface area is 122 Å². The van der Waals surface area contributed by atoms with E-state index in [2.05, 4.69) is 36.5 Å². The van der Waals surface area contributed by atoms with Gasteiger partial charge in [-0.15, -0.1) is 0 Å². The Kier molecular flexibility index (Phi) is 6.06. The predicted molar refractivity (Wildman–Crippen MR) is 82.6 cm³/mol. The summed E-state index contributed by atoms with van der Waals surface area (Å²) in [4.78, 5) is 14.1. The zero-order valence-corrected chi connectivity index (χ0v) is 12.5. The summed E-state index contributed by atoms with van der Waals surface area (Å²) in [5, 5.41) is 3.37. The first-order valence-electron chi connectivity index (χ1n) is 7.78. The highest BCUT2D eigenvalue weighted by molar-refractivity contribution is 5.76. The highest BCUT2D eigenvalue weighted by atomic mass is 16.2. The van der Waals surface area contributed by atoms with Gasteiger partial charge in [0, 0.05) is 26.1 Å². The van der Waals surface area contributed by atoms with Gasteiger partial charge in [-0.2, -0.15) is 0 Å². The topological polar surface area (TPSA) is 32.3 Å². The minimum atomic E-state index is 0.309. The third kappa shape index (κ3) is 4.97. The molecule has 0 atom stereocenters. The van der Waals surface area contributed by atoms with Crippen LogP contribution in [0.5, 0.6) is 0 Å². The molecule has 0 aromatic heterocycles. The molecule has 0 radical (unpaired) electrons. The largest absolute Gasteiger partial charge is 0.343 e. The number of amides is 1. The maximum Gasteiger partial charge on any atom is 0.223 e. The molecule has 3 nitrogen and oxygen atoms in total. The summed E-state index contributed by atoms with van der Waals surface area (Å²) in [5.41, 5.74) is 1.34. The summed E-state index contributed by atoms with van der Waals surface area (Å²) in [6.07, 6.45) is 3.97. The van der Waals surface area contributed by atoms with Crippen LogP contribution in [-0.2, 0) is 11.2 Å². The molecule has 0 saturated carbocycles. The lowest BCUT2D eigenvalue weighted by molar-refractivity contribution is -0.132. The van der Waals surface area contributed by atoms with E-state index in [1.807, 2.05) is 11.0 Å². The number of piperidine rings is 1. The van der Waals surface area contributed by atoms with Crippen molar-refractivity contribution in [3.8, 4) is 0 Å². The molecular formula is C17H26N2O. The van der Waals surface area contributed by atoms with E-state index < -0.39 is 0 Å². The number of likely N-dealkylation sites (tertiary alicyclic amines) is 1. The van der Waals surface area contributed by atoms with Gasteiger partial charge in [-0.25, -0.2) is 0 Å². The summed E-state index contributed by atoms with van der Waals surface area (Å²) in [6.45, 7) is 5.90. The maximum atomic E-state index is 12.0. The van der Waals surface area contributed by atoms with Crippen molar-refractivity contribution in [2.75, 3.05) is 26.2 Å². The second kappa shape index (κ2) is 8.05. The molecule has 1 aromatic carbocycles.